The maximum Gasteiger partial charge on any atom is 0.243 e. The van der Waals surface area contributed by atoms with Crippen LogP contribution in [0.1, 0.15) is 12.5 Å². The zero-order valence-corrected chi connectivity index (χ0v) is 18.5. The molecule has 1 unspecified atom stereocenters. The molecule has 0 radical (unpaired) electrons. The van der Waals surface area contributed by atoms with Gasteiger partial charge in [0.2, 0.25) is 15.9 Å². The second-order valence-corrected chi connectivity index (χ2v) is 9.81. The number of carbonyl (C=O) groups is 1. The largest absolute Gasteiger partial charge is 0.487 e. The lowest BCUT2D eigenvalue weighted by Crippen LogP contribution is -2.42. The van der Waals surface area contributed by atoms with E-state index in [2.05, 4.69) is 5.32 Å². The second-order valence-electron chi connectivity index (χ2n) is 7.87. The van der Waals surface area contributed by atoms with Crippen LogP contribution in [-0.2, 0) is 19.6 Å². The molecule has 2 aromatic rings. The van der Waals surface area contributed by atoms with E-state index in [1.165, 1.54) is 10.4 Å². The fourth-order valence-electron chi connectivity index (χ4n) is 3.83. The molecule has 2 heterocycles. The molecule has 1 fully saturated rings. The van der Waals surface area contributed by atoms with Gasteiger partial charge in [-0.15, -0.1) is 0 Å². The molecule has 1 atom stereocenters. The van der Waals surface area contributed by atoms with Gasteiger partial charge in [0.25, 0.3) is 0 Å². The molecule has 9 heteroatoms. The number of morpholine rings is 1. The summed E-state index contributed by atoms with van der Waals surface area (Å²) in [7, 11) is -3.62. The summed E-state index contributed by atoms with van der Waals surface area (Å²) in [5.74, 6) is 0.548. The van der Waals surface area contributed by atoms with Crippen molar-refractivity contribution in [1.82, 2.24) is 4.31 Å². The Labute approximate surface area is 182 Å². The van der Waals surface area contributed by atoms with E-state index in [-0.39, 0.29) is 23.5 Å². The van der Waals surface area contributed by atoms with Crippen LogP contribution >= 0.6 is 0 Å². The van der Waals surface area contributed by atoms with Crippen LogP contribution in [0.25, 0.3) is 0 Å². The minimum absolute atomic E-state index is 0.0379. The van der Waals surface area contributed by atoms with Gasteiger partial charge in [-0.25, -0.2) is 8.42 Å². The Morgan fingerprint density at radius 2 is 1.94 bits per heavy atom. The summed E-state index contributed by atoms with van der Waals surface area (Å²) in [5.41, 5.74) is 2.42. The number of nitrogens with one attached hydrogen (secondary N) is 1. The molecule has 0 saturated carbocycles. The Bertz CT molecular complexity index is 1070. The third-order valence-electron chi connectivity index (χ3n) is 5.32. The van der Waals surface area contributed by atoms with E-state index in [4.69, 9.17) is 9.47 Å². The maximum atomic E-state index is 12.9. The van der Waals surface area contributed by atoms with Gasteiger partial charge < -0.3 is 19.7 Å². The van der Waals surface area contributed by atoms with Crippen LogP contribution in [-0.4, -0.2) is 64.1 Å². The highest BCUT2D eigenvalue weighted by molar-refractivity contribution is 7.89. The van der Waals surface area contributed by atoms with E-state index in [1.54, 1.807) is 18.2 Å². The molecule has 0 aliphatic carbocycles. The minimum Gasteiger partial charge on any atom is -0.487 e. The summed E-state index contributed by atoms with van der Waals surface area (Å²) < 4.78 is 38.3. The van der Waals surface area contributed by atoms with Crippen molar-refractivity contribution in [3.05, 3.63) is 48.0 Å². The van der Waals surface area contributed by atoms with Crippen molar-refractivity contribution in [1.29, 1.82) is 0 Å². The number of hydrogen-bond acceptors (Lipinski definition) is 6. The molecule has 4 rings (SSSR count). The predicted molar refractivity (Wildman–Crippen MR) is 118 cm³/mol. The predicted octanol–water partition coefficient (Wildman–Crippen LogP) is 2.24. The molecule has 2 aliphatic heterocycles. The molecule has 0 aromatic heterocycles. The fourth-order valence-corrected chi connectivity index (χ4v) is 5.29. The highest BCUT2D eigenvalue weighted by Crippen LogP contribution is 2.34. The van der Waals surface area contributed by atoms with Crippen molar-refractivity contribution in [3.63, 3.8) is 0 Å². The molecule has 0 spiro atoms. The standard InChI is InChI=1S/C22H27N3O5S/c1-16-6-7-20-21(12-16)30-17(2)14-24(20)15-22(26)23-18-4-3-5-19(13-18)31(27,28)25-8-10-29-11-9-25/h3-7,12-13,17H,8-11,14-15H2,1-2H3,(H,23,26). The first-order valence-corrected chi connectivity index (χ1v) is 11.8. The molecule has 1 N–H and O–H groups in total. The van der Waals surface area contributed by atoms with Crippen LogP contribution in [0.3, 0.4) is 0 Å². The van der Waals surface area contributed by atoms with Gasteiger partial charge in [-0.05, 0) is 49.7 Å². The van der Waals surface area contributed by atoms with E-state index in [0.717, 1.165) is 17.0 Å². The van der Waals surface area contributed by atoms with Gasteiger partial charge in [-0.2, -0.15) is 4.31 Å². The van der Waals surface area contributed by atoms with E-state index >= 15 is 0 Å². The third-order valence-corrected chi connectivity index (χ3v) is 7.22. The SMILES string of the molecule is Cc1ccc2c(c1)OC(C)CN2CC(=O)Nc1cccc(S(=O)(=O)N2CCOCC2)c1. The number of nitrogens with zero attached hydrogens (tertiary/aromatic N) is 2. The molecule has 1 amide bonds. The van der Waals surface area contributed by atoms with E-state index in [0.29, 0.717) is 38.5 Å². The summed E-state index contributed by atoms with van der Waals surface area (Å²) >= 11 is 0. The Balaban J connectivity index is 1.47. The minimum atomic E-state index is -3.62. The average Bonchev–Trinajstić information content (AvgIpc) is 2.74. The molecule has 0 bridgehead atoms. The first-order valence-electron chi connectivity index (χ1n) is 10.3. The zero-order chi connectivity index (χ0) is 22.0. The topological polar surface area (TPSA) is 88.2 Å². The number of anilines is 2. The lowest BCUT2D eigenvalue weighted by molar-refractivity contribution is -0.115. The van der Waals surface area contributed by atoms with E-state index < -0.39 is 10.0 Å². The number of amides is 1. The average molecular weight is 446 g/mol. The number of benzene rings is 2. The molecule has 2 aromatic carbocycles. The molecule has 1 saturated heterocycles. The smallest absolute Gasteiger partial charge is 0.243 e. The van der Waals surface area contributed by atoms with Gasteiger partial charge in [-0.3, -0.25) is 4.79 Å². The molecule has 31 heavy (non-hydrogen) atoms. The van der Waals surface area contributed by atoms with Gasteiger partial charge >= 0.3 is 0 Å². The fraction of sp³-hybridized carbons (Fsp3) is 0.409. The van der Waals surface area contributed by atoms with Crippen molar-refractivity contribution in [2.45, 2.75) is 24.8 Å². The van der Waals surface area contributed by atoms with E-state index in [1.807, 2.05) is 36.9 Å². The number of ether oxygens (including phenoxy) is 2. The van der Waals surface area contributed by atoms with Crippen LogP contribution in [0.2, 0.25) is 0 Å². The van der Waals surface area contributed by atoms with Gasteiger partial charge in [0.05, 0.1) is 36.9 Å². The van der Waals surface area contributed by atoms with Crippen molar-refractivity contribution in [2.75, 3.05) is 49.6 Å². The number of hydrogen-bond donors (Lipinski definition) is 1. The van der Waals surface area contributed by atoms with Crippen molar-refractivity contribution in [3.8, 4) is 5.75 Å². The molecule has 166 valence electrons. The molecular formula is C22H27N3O5S. The number of rotatable bonds is 5. The number of carbonyl (C=O) groups excluding carboxylic acids is 1. The van der Waals surface area contributed by atoms with E-state index in [9.17, 15) is 13.2 Å². The molecular weight excluding hydrogens is 418 g/mol. The van der Waals surface area contributed by atoms with Crippen molar-refractivity contribution < 1.29 is 22.7 Å². The lowest BCUT2D eigenvalue weighted by Gasteiger charge is -2.34. The molecule has 8 nitrogen and oxygen atoms in total. The Morgan fingerprint density at radius 1 is 1.16 bits per heavy atom. The highest BCUT2D eigenvalue weighted by Gasteiger charge is 2.27. The number of fused-ring (bicyclic) bond motifs is 1. The Hall–Kier alpha value is -2.62. The van der Waals surface area contributed by atoms with Crippen LogP contribution < -0.4 is 15.0 Å². The van der Waals surface area contributed by atoms with Gasteiger partial charge in [0, 0.05) is 18.8 Å². The quantitative estimate of drug-likeness (QED) is 0.760. The summed E-state index contributed by atoms with van der Waals surface area (Å²) in [6.45, 7) is 6.12. The summed E-state index contributed by atoms with van der Waals surface area (Å²) in [5, 5.41) is 2.83. The normalized spacial score (nSPS) is 19.4. The Morgan fingerprint density at radius 3 is 2.71 bits per heavy atom. The van der Waals surface area contributed by atoms with Crippen molar-refractivity contribution >= 4 is 27.3 Å². The van der Waals surface area contributed by atoms with Crippen LogP contribution in [0.15, 0.2) is 47.4 Å². The van der Waals surface area contributed by atoms with Crippen LogP contribution in [0.5, 0.6) is 5.75 Å². The summed E-state index contributed by atoms with van der Waals surface area (Å²) in [6.07, 6.45) is -0.0379. The number of sulfonamides is 1. The Kier molecular flexibility index (Phi) is 6.17. The zero-order valence-electron chi connectivity index (χ0n) is 17.7. The monoisotopic (exact) mass is 445 g/mol. The molecule has 2 aliphatic rings. The number of aryl methyl sites for hydroxylation is 1. The highest BCUT2D eigenvalue weighted by atomic mass is 32.2. The summed E-state index contributed by atoms with van der Waals surface area (Å²) in [4.78, 5) is 14.9. The lowest BCUT2D eigenvalue weighted by atomic mass is 10.1. The van der Waals surface area contributed by atoms with Crippen LogP contribution in [0, 0.1) is 6.92 Å². The van der Waals surface area contributed by atoms with Crippen molar-refractivity contribution in [2.24, 2.45) is 0 Å². The van der Waals surface area contributed by atoms with Gasteiger partial charge in [-0.1, -0.05) is 12.1 Å². The first-order chi connectivity index (χ1) is 14.8. The van der Waals surface area contributed by atoms with Gasteiger partial charge in [0.15, 0.2) is 0 Å². The second kappa shape index (κ2) is 8.86. The van der Waals surface area contributed by atoms with Crippen LogP contribution in [0.4, 0.5) is 11.4 Å². The third kappa shape index (κ3) is 4.84. The first kappa shape index (κ1) is 21.6. The van der Waals surface area contributed by atoms with Gasteiger partial charge in [0.1, 0.15) is 11.9 Å². The maximum absolute atomic E-state index is 12.9. The summed E-state index contributed by atoms with van der Waals surface area (Å²) in [6, 6.07) is 12.3.